The largest absolute Gasteiger partial charge is 0.366 e. The Kier molecular flexibility index (Phi) is 4.26. The zero-order valence-electron chi connectivity index (χ0n) is 7.50. The smallest absolute Gasteiger partial charge is 0.224 e. The van der Waals surface area contributed by atoms with Crippen LogP contribution in [0.3, 0.4) is 0 Å². The topological polar surface area (TPSA) is 37.8 Å². The van der Waals surface area contributed by atoms with Crippen molar-refractivity contribution in [2.45, 2.75) is 13.3 Å². The minimum atomic E-state index is 0.268. The second kappa shape index (κ2) is 5.54. The van der Waals surface area contributed by atoms with E-state index in [1.807, 2.05) is 0 Å². The Balaban J connectivity index is 2.41. The van der Waals surface area contributed by atoms with Gasteiger partial charge >= 0.3 is 0 Å². The summed E-state index contributed by atoms with van der Waals surface area (Å²) < 4.78 is 0. The highest BCUT2D eigenvalue weighted by Crippen LogP contribution is 2.04. The zero-order chi connectivity index (χ0) is 9.52. The van der Waals surface area contributed by atoms with Crippen molar-refractivity contribution in [2.24, 2.45) is 0 Å². The molecule has 0 aliphatic heterocycles. The van der Waals surface area contributed by atoms with E-state index in [4.69, 9.17) is 11.6 Å². The second-order valence-electron chi connectivity index (χ2n) is 2.47. The van der Waals surface area contributed by atoms with E-state index >= 15 is 0 Å². The molecule has 0 aliphatic carbocycles. The number of nitrogens with zero attached hydrogens (tertiary/aromatic N) is 2. The summed E-state index contributed by atoms with van der Waals surface area (Å²) in [4.78, 5) is 7.76. The van der Waals surface area contributed by atoms with Crippen molar-refractivity contribution in [3.05, 3.63) is 29.7 Å². The fraction of sp³-hybridized carbons (Fsp3) is 0.333. The number of hydrogen-bond donors (Lipinski definition) is 1. The number of nitrogens with one attached hydrogen (secondary N) is 1. The molecule has 1 aromatic heterocycles. The minimum absolute atomic E-state index is 0.268. The van der Waals surface area contributed by atoms with Crippen LogP contribution < -0.4 is 5.32 Å². The molecule has 0 saturated carbocycles. The lowest BCUT2D eigenvalue weighted by molar-refractivity contribution is 1.13. The molecule has 0 aromatic carbocycles. The van der Waals surface area contributed by atoms with Gasteiger partial charge in [0, 0.05) is 12.7 Å². The van der Waals surface area contributed by atoms with Crippen molar-refractivity contribution in [2.75, 3.05) is 11.9 Å². The number of allylic oxidation sites excluding steroid dienone is 1. The molecule has 13 heavy (non-hydrogen) atoms. The molecule has 0 unspecified atom stereocenters. The Morgan fingerprint density at radius 2 is 2.38 bits per heavy atom. The molecule has 0 atom stereocenters. The number of rotatable bonds is 4. The van der Waals surface area contributed by atoms with Gasteiger partial charge in [0.15, 0.2) is 0 Å². The molecule has 0 amide bonds. The van der Waals surface area contributed by atoms with E-state index in [-0.39, 0.29) is 5.28 Å². The molecule has 1 rings (SSSR count). The maximum atomic E-state index is 5.60. The maximum absolute atomic E-state index is 5.60. The molecule has 0 spiro atoms. The van der Waals surface area contributed by atoms with Gasteiger partial charge in [-0.3, -0.25) is 0 Å². The monoisotopic (exact) mass is 197 g/mol. The molecule has 4 heteroatoms. The average molecular weight is 198 g/mol. The molecular formula is C9H12ClN3. The first-order valence-electron chi connectivity index (χ1n) is 4.20. The SMILES string of the molecule is CC/C=C/CNc1ccnc(Cl)n1. The van der Waals surface area contributed by atoms with Crippen LogP contribution in [0.4, 0.5) is 5.82 Å². The Morgan fingerprint density at radius 3 is 3.08 bits per heavy atom. The van der Waals surface area contributed by atoms with Crippen LogP contribution in [0.5, 0.6) is 0 Å². The van der Waals surface area contributed by atoms with Crippen LogP contribution >= 0.6 is 11.6 Å². The van der Waals surface area contributed by atoms with Crippen molar-refractivity contribution in [1.29, 1.82) is 0 Å². The number of halogens is 1. The van der Waals surface area contributed by atoms with Crippen LogP contribution in [-0.2, 0) is 0 Å². The van der Waals surface area contributed by atoms with Gasteiger partial charge in [0.2, 0.25) is 5.28 Å². The van der Waals surface area contributed by atoms with Crippen LogP contribution in [-0.4, -0.2) is 16.5 Å². The fourth-order valence-corrected chi connectivity index (χ4v) is 0.994. The molecule has 0 aliphatic rings. The first-order chi connectivity index (χ1) is 6.33. The first kappa shape index (κ1) is 9.99. The number of anilines is 1. The third-order valence-corrected chi connectivity index (χ3v) is 1.61. The molecule has 1 N–H and O–H groups in total. The summed E-state index contributed by atoms with van der Waals surface area (Å²) in [7, 11) is 0. The molecule has 1 aromatic rings. The Bertz CT molecular complexity index is 286. The van der Waals surface area contributed by atoms with Crippen LogP contribution in [0.15, 0.2) is 24.4 Å². The van der Waals surface area contributed by atoms with Gasteiger partial charge in [0.1, 0.15) is 5.82 Å². The average Bonchev–Trinajstić information content (AvgIpc) is 2.13. The summed E-state index contributed by atoms with van der Waals surface area (Å²) >= 11 is 5.60. The molecular weight excluding hydrogens is 186 g/mol. The Morgan fingerprint density at radius 1 is 1.54 bits per heavy atom. The third-order valence-electron chi connectivity index (χ3n) is 1.43. The van der Waals surface area contributed by atoms with Gasteiger partial charge in [-0.2, -0.15) is 0 Å². The fourth-order valence-electron chi connectivity index (χ4n) is 0.847. The summed E-state index contributed by atoms with van der Waals surface area (Å²) in [5.41, 5.74) is 0. The van der Waals surface area contributed by atoms with Crippen LogP contribution in [0.25, 0.3) is 0 Å². The van der Waals surface area contributed by atoms with Crippen LogP contribution in [0, 0.1) is 0 Å². The van der Waals surface area contributed by atoms with Crippen LogP contribution in [0.1, 0.15) is 13.3 Å². The van der Waals surface area contributed by atoms with E-state index in [0.717, 1.165) is 18.8 Å². The molecule has 70 valence electrons. The van der Waals surface area contributed by atoms with Gasteiger partial charge in [0.25, 0.3) is 0 Å². The molecule has 0 fully saturated rings. The molecule has 0 radical (unpaired) electrons. The predicted octanol–water partition coefficient (Wildman–Crippen LogP) is 2.51. The minimum Gasteiger partial charge on any atom is -0.366 e. The first-order valence-corrected chi connectivity index (χ1v) is 4.58. The highest BCUT2D eigenvalue weighted by atomic mass is 35.5. The summed E-state index contributed by atoms with van der Waals surface area (Å²) in [5.74, 6) is 0.751. The quantitative estimate of drug-likeness (QED) is 0.596. The van der Waals surface area contributed by atoms with Gasteiger partial charge in [-0.25, -0.2) is 9.97 Å². The van der Waals surface area contributed by atoms with Gasteiger partial charge in [-0.05, 0) is 24.1 Å². The highest BCUT2D eigenvalue weighted by Gasteiger charge is 1.92. The van der Waals surface area contributed by atoms with E-state index in [9.17, 15) is 0 Å². The van der Waals surface area contributed by atoms with Gasteiger partial charge in [-0.15, -0.1) is 0 Å². The normalized spacial score (nSPS) is 10.6. The van der Waals surface area contributed by atoms with Crippen LogP contribution in [0.2, 0.25) is 5.28 Å². The van der Waals surface area contributed by atoms with E-state index in [1.54, 1.807) is 12.3 Å². The predicted molar refractivity (Wildman–Crippen MR) is 55.0 cm³/mol. The Labute approximate surface area is 82.9 Å². The summed E-state index contributed by atoms with van der Waals surface area (Å²) in [6.45, 7) is 2.86. The van der Waals surface area contributed by atoms with E-state index in [0.29, 0.717) is 0 Å². The lowest BCUT2D eigenvalue weighted by Crippen LogP contribution is -2.00. The Hall–Kier alpha value is -1.09. The lowest BCUT2D eigenvalue weighted by Gasteiger charge is -2.00. The zero-order valence-corrected chi connectivity index (χ0v) is 8.25. The lowest BCUT2D eigenvalue weighted by atomic mass is 10.4. The van der Waals surface area contributed by atoms with Crippen molar-refractivity contribution < 1.29 is 0 Å². The van der Waals surface area contributed by atoms with Crippen molar-refractivity contribution in [3.63, 3.8) is 0 Å². The van der Waals surface area contributed by atoms with Gasteiger partial charge in [0.05, 0.1) is 0 Å². The third kappa shape index (κ3) is 3.90. The highest BCUT2D eigenvalue weighted by molar-refractivity contribution is 6.28. The van der Waals surface area contributed by atoms with E-state index < -0.39 is 0 Å². The number of aromatic nitrogens is 2. The second-order valence-corrected chi connectivity index (χ2v) is 2.81. The van der Waals surface area contributed by atoms with Crippen molar-refractivity contribution in [1.82, 2.24) is 9.97 Å². The van der Waals surface area contributed by atoms with Crippen molar-refractivity contribution >= 4 is 17.4 Å². The number of hydrogen-bond acceptors (Lipinski definition) is 3. The van der Waals surface area contributed by atoms with Crippen molar-refractivity contribution in [3.8, 4) is 0 Å². The maximum Gasteiger partial charge on any atom is 0.224 e. The molecule has 1 heterocycles. The standard InChI is InChI=1S/C9H12ClN3/c1-2-3-4-6-11-8-5-7-12-9(10)13-8/h3-5,7H,2,6H2,1H3,(H,11,12,13)/b4-3+. The summed E-state index contributed by atoms with van der Waals surface area (Å²) in [6.07, 6.45) is 6.82. The molecule has 0 saturated heterocycles. The molecule has 0 bridgehead atoms. The van der Waals surface area contributed by atoms with Gasteiger partial charge < -0.3 is 5.32 Å². The molecule has 3 nitrogen and oxygen atoms in total. The van der Waals surface area contributed by atoms with E-state index in [1.165, 1.54) is 0 Å². The summed E-state index contributed by atoms with van der Waals surface area (Å²) in [6, 6.07) is 1.78. The van der Waals surface area contributed by atoms with Gasteiger partial charge in [-0.1, -0.05) is 19.1 Å². The van der Waals surface area contributed by atoms with E-state index in [2.05, 4.69) is 34.4 Å². The summed E-state index contributed by atoms with van der Waals surface area (Å²) in [5, 5.41) is 3.37.